The fourth-order valence-corrected chi connectivity index (χ4v) is 3.23. The summed E-state index contributed by atoms with van der Waals surface area (Å²) in [6.45, 7) is 1.13. The van der Waals surface area contributed by atoms with Gasteiger partial charge in [-0.1, -0.05) is 42.5 Å². The van der Waals surface area contributed by atoms with Gasteiger partial charge in [-0.05, 0) is 55.9 Å². The summed E-state index contributed by atoms with van der Waals surface area (Å²) in [5.41, 5.74) is 2.77. The molecule has 1 heterocycles. The molecule has 0 saturated carbocycles. The lowest BCUT2D eigenvalue weighted by Gasteiger charge is -2.23. The van der Waals surface area contributed by atoms with Crippen LogP contribution in [0.25, 0.3) is 0 Å². The molecule has 31 heavy (non-hydrogen) atoms. The summed E-state index contributed by atoms with van der Waals surface area (Å²) in [5.74, 6) is -0.0502. The molecule has 0 aliphatic heterocycles. The smallest absolute Gasteiger partial charge is 0.315 e. The fourth-order valence-electron chi connectivity index (χ4n) is 3.23. The highest BCUT2D eigenvalue weighted by molar-refractivity contribution is 6.02. The van der Waals surface area contributed by atoms with Crippen molar-refractivity contribution in [2.75, 3.05) is 26.0 Å². The number of amides is 3. The molecule has 0 saturated heterocycles. The first-order chi connectivity index (χ1) is 15.0. The number of nitrogens with zero attached hydrogens (tertiary/aromatic N) is 1. The summed E-state index contributed by atoms with van der Waals surface area (Å²) >= 11 is 0. The normalized spacial score (nSPS) is 11.7. The molecule has 2 aromatic carbocycles. The van der Waals surface area contributed by atoms with Crippen LogP contribution in [0.3, 0.4) is 0 Å². The zero-order chi connectivity index (χ0) is 22.1. The van der Waals surface area contributed by atoms with Gasteiger partial charge in [-0.3, -0.25) is 4.79 Å². The van der Waals surface area contributed by atoms with E-state index in [1.165, 1.54) is 11.8 Å². The highest BCUT2D eigenvalue weighted by Crippen LogP contribution is 2.12. The van der Waals surface area contributed by atoms with Crippen molar-refractivity contribution in [3.63, 3.8) is 0 Å². The molecule has 3 amide bonds. The highest BCUT2D eigenvalue weighted by Gasteiger charge is 2.14. The third-order valence-electron chi connectivity index (χ3n) is 4.66. The van der Waals surface area contributed by atoms with Gasteiger partial charge in [0.15, 0.2) is 5.76 Å². The zero-order valence-corrected chi connectivity index (χ0v) is 17.8. The van der Waals surface area contributed by atoms with E-state index >= 15 is 0 Å². The van der Waals surface area contributed by atoms with Gasteiger partial charge < -0.3 is 25.3 Å². The first kappa shape index (κ1) is 22.1. The summed E-state index contributed by atoms with van der Waals surface area (Å²) in [7, 11) is 3.98. The van der Waals surface area contributed by atoms with E-state index in [0.29, 0.717) is 12.2 Å². The lowest BCUT2D eigenvalue weighted by molar-refractivity contribution is 0.0996. The Morgan fingerprint density at radius 1 is 0.935 bits per heavy atom. The Kier molecular flexibility index (Phi) is 7.84. The minimum atomic E-state index is -0.305. The van der Waals surface area contributed by atoms with Crippen molar-refractivity contribution in [1.82, 2.24) is 15.5 Å². The van der Waals surface area contributed by atoms with Crippen molar-refractivity contribution in [3.8, 4) is 0 Å². The second kappa shape index (κ2) is 11.0. The van der Waals surface area contributed by atoms with Gasteiger partial charge in [0.05, 0.1) is 6.26 Å². The largest absolute Gasteiger partial charge is 0.459 e. The summed E-state index contributed by atoms with van der Waals surface area (Å²) < 4.78 is 5.08. The van der Waals surface area contributed by atoms with E-state index in [2.05, 4.69) is 33.0 Å². The molecule has 1 aromatic heterocycles. The maximum Gasteiger partial charge on any atom is 0.315 e. The van der Waals surface area contributed by atoms with E-state index in [4.69, 9.17) is 4.42 Å². The standard InChI is InChI=1S/C24H28N4O3/c1-28(2)17-21(15-18-7-4-3-5-8-18)27-24(30)25-16-19-10-12-20(13-11-19)26-23(29)22-9-6-14-31-22/h3-14,21H,15-17H2,1-2H3,(H,26,29)(H2,25,27,30)/t21-/m1/s1. The number of hydrogen-bond acceptors (Lipinski definition) is 4. The maximum absolute atomic E-state index is 12.4. The average Bonchev–Trinajstić information content (AvgIpc) is 3.29. The molecule has 7 nitrogen and oxygen atoms in total. The number of rotatable bonds is 9. The predicted molar refractivity (Wildman–Crippen MR) is 121 cm³/mol. The maximum atomic E-state index is 12.4. The number of carbonyl (C=O) groups is 2. The van der Waals surface area contributed by atoms with E-state index in [1.54, 1.807) is 24.3 Å². The van der Waals surface area contributed by atoms with E-state index in [-0.39, 0.29) is 23.7 Å². The van der Waals surface area contributed by atoms with Crippen LogP contribution in [0.4, 0.5) is 10.5 Å². The van der Waals surface area contributed by atoms with Crippen LogP contribution in [0.15, 0.2) is 77.4 Å². The van der Waals surface area contributed by atoms with Crippen molar-refractivity contribution >= 4 is 17.6 Å². The van der Waals surface area contributed by atoms with Crippen LogP contribution >= 0.6 is 0 Å². The van der Waals surface area contributed by atoms with Crippen molar-refractivity contribution in [1.29, 1.82) is 0 Å². The fraction of sp³-hybridized carbons (Fsp3) is 0.250. The first-order valence-corrected chi connectivity index (χ1v) is 10.2. The van der Waals surface area contributed by atoms with Gasteiger partial charge in [0.25, 0.3) is 5.91 Å². The van der Waals surface area contributed by atoms with Crippen LogP contribution in [0, 0.1) is 0 Å². The van der Waals surface area contributed by atoms with Gasteiger partial charge in [-0.15, -0.1) is 0 Å². The quantitative estimate of drug-likeness (QED) is 0.495. The van der Waals surface area contributed by atoms with Crippen LogP contribution in [-0.2, 0) is 13.0 Å². The van der Waals surface area contributed by atoms with Crippen molar-refractivity contribution in [3.05, 3.63) is 89.9 Å². The Morgan fingerprint density at radius 2 is 1.68 bits per heavy atom. The summed E-state index contributed by atoms with van der Waals surface area (Å²) in [5, 5.41) is 8.73. The number of benzene rings is 2. The van der Waals surface area contributed by atoms with E-state index in [0.717, 1.165) is 18.5 Å². The number of urea groups is 1. The van der Waals surface area contributed by atoms with E-state index < -0.39 is 0 Å². The van der Waals surface area contributed by atoms with Crippen LogP contribution in [-0.4, -0.2) is 43.5 Å². The zero-order valence-electron chi connectivity index (χ0n) is 17.8. The summed E-state index contributed by atoms with van der Waals surface area (Å²) in [6.07, 6.45) is 2.22. The van der Waals surface area contributed by atoms with Crippen LogP contribution in [0.1, 0.15) is 21.7 Å². The SMILES string of the molecule is CN(C)C[C@@H](Cc1ccccc1)NC(=O)NCc1ccc(NC(=O)c2ccco2)cc1. The Morgan fingerprint density at radius 3 is 2.32 bits per heavy atom. The van der Waals surface area contributed by atoms with Gasteiger partial charge >= 0.3 is 6.03 Å². The van der Waals surface area contributed by atoms with E-state index in [9.17, 15) is 9.59 Å². The molecule has 0 radical (unpaired) electrons. The Hall–Kier alpha value is -3.58. The predicted octanol–water partition coefficient (Wildman–Crippen LogP) is 3.50. The van der Waals surface area contributed by atoms with Crippen LogP contribution < -0.4 is 16.0 Å². The molecule has 162 valence electrons. The number of furan rings is 1. The molecule has 7 heteroatoms. The van der Waals surface area contributed by atoms with Gasteiger partial charge in [-0.25, -0.2) is 4.79 Å². The topological polar surface area (TPSA) is 86.6 Å². The third-order valence-corrected chi connectivity index (χ3v) is 4.66. The molecule has 0 unspecified atom stereocenters. The van der Waals surface area contributed by atoms with Crippen molar-refractivity contribution < 1.29 is 14.0 Å². The van der Waals surface area contributed by atoms with Crippen LogP contribution in [0.2, 0.25) is 0 Å². The Balaban J connectivity index is 1.48. The van der Waals surface area contributed by atoms with Crippen molar-refractivity contribution in [2.45, 2.75) is 19.0 Å². The van der Waals surface area contributed by atoms with Crippen molar-refractivity contribution in [2.24, 2.45) is 0 Å². The molecule has 3 aromatic rings. The number of hydrogen-bond donors (Lipinski definition) is 3. The summed E-state index contributed by atoms with van der Waals surface area (Å²) in [4.78, 5) is 26.5. The molecule has 0 bridgehead atoms. The molecule has 0 aliphatic rings. The number of carbonyl (C=O) groups excluding carboxylic acids is 2. The minimum absolute atomic E-state index is 0.00316. The lowest BCUT2D eigenvalue weighted by atomic mass is 10.1. The molecular formula is C24H28N4O3. The Bertz CT molecular complexity index is 954. The Labute approximate surface area is 182 Å². The third kappa shape index (κ3) is 7.31. The monoisotopic (exact) mass is 420 g/mol. The second-order valence-corrected chi connectivity index (χ2v) is 7.60. The molecule has 0 spiro atoms. The number of anilines is 1. The number of nitrogens with one attached hydrogen (secondary N) is 3. The lowest BCUT2D eigenvalue weighted by Crippen LogP contribution is -2.47. The molecule has 1 atom stereocenters. The van der Waals surface area contributed by atoms with Gasteiger partial charge in [0.1, 0.15) is 0 Å². The molecule has 0 fully saturated rings. The molecular weight excluding hydrogens is 392 g/mol. The average molecular weight is 421 g/mol. The molecule has 0 aliphatic carbocycles. The minimum Gasteiger partial charge on any atom is -0.459 e. The van der Waals surface area contributed by atoms with Crippen LogP contribution in [0.5, 0.6) is 0 Å². The van der Waals surface area contributed by atoms with Gasteiger partial charge in [0, 0.05) is 24.8 Å². The molecule has 3 rings (SSSR count). The number of likely N-dealkylation sites (N-methyl/N-ethyl adjacent to an activating group) is 1. The first-order valence-electron chi connectivity index (χ1n) is 10.2. The summed E-state index contributed by atoms with van der Waals surface area (Å²) in [6, 6.07) is 20.5. The second-order valence-electron chi connectivity index (χ2n) is 7.60. The molecule has 3 N–H and O–H groups in total. The highest BCUT2D eigenvalue weighted by atomic mass is 16.3. The van der Waals surface area contributed by atoms with Gasteiger partial charge in [-0.2, -0.15) is 0 Å². The van der Waals surface area contributed by atoms with Gasteiger partial charge in [0.2, 0.25) is 0 Å². The van der Waals surface area contributed by atoms with E-state index in [1.807, 2.05) is 44.4 Å².